The monoisotopic (exact) mass is 740 g/mol. The lowest BCUT2D eigenvalue weighted by Crippen LogP contribution is -2.07. The molecule has 0 amide bonds. The molecule has 0 saturated carbocycles. The second kappa shape index (κ2) is 25.2. The summed E-state index contributed by atoms with van der Waals surface area (Å²) in [4.78, 5) is 8.81. The van der Waals surface area contributed by atoms with Gasteiger partial charge in [-0.1, -0.05) is 99.4 Å². The van der Waals surface area contributed by atoms with E-state index in [1.807, 2.05) is 19.9 Å². The van der Waals surface area contributed by atoms with Gasteiger partial charge < -0.3 is 10.1 Å². The average molecular weight is 741 g/mol. The van der Waals surface area contributed by atoms with Crippen molar-refractivity contribution in [2.75, 3.05) is 11.9 Å². The highest BCUT2D eigenvalue weighted by atomic mass is 35.5. The molecule has 3 aromatic rings. The van der Waals surface area contributed by atoms with Crippen molar-refractivity contribution < 1.29 is 4.79 Å². The number of unbranched alkanes of at least 4 members (excludes halogenated alkanes) is 2. The van der Waals surface area contributed by atoms with Gasteiger partial charge in [0.2, 0.25) is 0 Å². The van der Waals surface area contributed by atoms with E-state index in [1.165, 1.54) is 87.7 Å². The van der Waals surface area contributed by atoms with Crippen molar-refractivity contribution in [3.05, 3.63) is 116 Å². The molecule has 0 unspecified atom stereocenters. The summed E-state index contributed by atoms with van der Waals surface area (Å²) < 4.78 is 2.07. The molecule has 1 heterocycles. The van der Waals surface area contributed by atoms with Crippen LogP contribution in [0, 0.1) is 6.92 Å². The number of carbonyl (C=O) groups excluding carboxylic acids is 1. The molecule has 0 aliphatic heterocycles. The van der Waals surface area contributed by atoms with Crippen molar-refractivity contribution in [2.24, 2.45) is 7.05 Å². The number of hydrogen-bond acceptors (Lipinski definition) is 3. The molecule has 0 aliphatic rings. The predicted molar refractivity (Wildman–Crippen MR) is 238 cm³/mol. The zero-order valence-electron chi connectivity index (χ0n) is 35.5. The van der Waals surface area contributed by atoms with E-state index in [1.54, 1.807) is 0 Å². The van der Waals surface area contributed by atoms with Gasteiger partial charge in [0.05, 0.1) is 5.69 Å². The van der Waals surface area contributed by atoms with Gasteiger partial charge in [0.15, 0.2) is 0 Å². The van der Waals surface area contributed by atoms with E-state index in [2.05, 4.69) is 134 Å². The number of aryl methyl sites for hydroxylation is 4. The number of rotatable bonds is 17. The van der Waals surface area contributed by atoms with Gasteiger partial charge in [-0.05, 0) is 164 Å². The second-order valence-corrected chi connectivity index (χ2v) is 14.0. The van der Waals surface area contributed by atoms with Gasteiger partial charge in [-0.3, -0.25) is 4.68 Å². The van der Waals surface area contributed by atoms with Gasteiger partial charge in [-0.2, -0.15) is 5.10 Å². The second-order valence-electron chi connectivity index (χ2n) is 13.6. The van der Waals surface area contributed by atoms with Gasteiger partial charge in [0.1, 0.15) is 6.29 Å². The largest absolute Gasteiger partial charge is 0.385 e. The summed E-state index contributed by atoms with van der Waals surface area (Å²) in [6.07, 6.45) is 17.9. The molecule has 1 aromatic heterocycles. The van der Waals surface area contributed by atoms with Crippen molar-refractivity contribution >= 4 is 46.9 Å². The van der Waals surface area contributed by atoms with E-state index >= 15 is 0 Å². The molecule has 4 nitrogen and oxygen atoms in total. The van der Waals surface area contributed by atoms with E-state index in [0.29, 0.717) is 0 Å². The molecular formula is C48H70ClN3O. The first-order valence-electron chi connectivity index (χ1n) is 19.7. The van der Waals surface area contributed by atoms with Gasteiger partial charge in [-0.25, -0.2) is 0 Å². The van der Waals surface area contributed by atoms with Crippen molar-refractivity contribution in [3.63, 3.8) is 0 Å². The number of nitrogens with one attached hydrogen (secondary N) is 1. The van der Waals surface area contributed by atoms with Crippen molar-refractivity contribution in [2.45, 2.75) is 134 Å². The molecule has 0 radical (unpaired) electrons. The predicted octanol–water partition coefficient (Wildman–Crippen LogP) is 14.3. The van der Waals surface area contributed by atoms with Crippen molar-refractivity contribution in [3.8, 4) is 0 Å². The molecule has 2 aromatic carbocycles. The van der Waals surface area contributed by atoms with Gasteiger partial charge in [-0.15, -0.1) is 0 Å². The minimum Gasteiger partial charge on any atom is -0.385 e. The smallest absolute Gasteiger partial charge is 0.116 e. The van der Waals surface area contributed by atoms with Crippen LogP contribution in [-0.4, -0.2) is 22.6 Å². The highest BCUT2D eigenvalue weighted by molar-refractivity contribution is 6.32. The van der Waals surface area contributed by atoms with E-state index in [-0.39, 0.29) is 0 Å². The van der Waals surface area contributed by atoms with Crippen LogP contribution in [0.1, 0.15) is 153 Å². The van der Waals surface area contributed by atoms with Crippen LogP contribution in [0.15, 0.2) is 65.8 Å². The summed E-state index contributed by atoms with van der Waals surface area (Å²) in [5, 5.41) is 9.41. The Morgan fingerprint density at radius 1 is 0.962 bits per heavy atom. The minimum atomic E-state index is 0.750. The van der Waals surface area contributed by atoms with Crippen LogP contribution in [0.2, 0.25) is 5.02 Å². The molecule has 0 fully saturated rings. The zero-order valence-corrected chi connectivity index (χ0v) is 36.3. The molecule has 53 heavy (non-hydrogen) atoms. The Labute approximate surface area is 329 Å². The third-order valence-corrected chi connectivity index (χ3v) is 10.1. The molecule has 0 saturated heterocycles. The van der Waals surface area contributed by atoms with Crippen LogP contribution in [0.4, 0.5) is 5.69 Å². The number of anilines is 1. The van der Waals surface area contributed by atoms with E-state index < -0.39 is 0 Å². The van der Waals surface area contributed by atoms with Gasteiger partial charge in [0.25, 0.3) is 0 Å². The van der Waals surface area contributed by atoms with E-state index in [9.17, 15) is 0 Å². The number of carbonyl (C=O) groups is 1. The van der Waals surface area contributed by atoms with Crippen LogP contribution in [-0.2, 0) is 31.1 Å². The number of hydrogen-bond donors (Lipinski definition) is 1. The highest BCUT2D eigenvalue weighted by Crippen LogP contribution is 2.37. The molecule has 290 valence electrons. The lowest BCUT2D eigenvalue weighted by molar-refractivity contribution is -0.106. The summed E-state index contributed by atoms with van der Waals surface area (Å²) in [5.74, 6) is 0. The Bertz CT molecular complexity index is 1740. The molecule has 0 spiro atoms. The molecular weight excluding hydrogens is 670 g/mol. The average Bonchev–Trinajstić information content (AvgIpc) is 3.50. The maximum absolute atomic E-state index is 8.81. The highest BCUT2D eigenvalue weighted by Gasteiger charge is 2.16. The minimum absolute atomic E-state index is 0.750. The summed E-state index contributed by atoms with van der Waals surface area (Å²) >= 11 is 6.84. The molecule has 0 aliphatic carbocycles. The molecule has 0 bridgehead atoms. The third kappa shape index (κ3) is 14.1. The summed E-state index contributed by atoms with van der Waals surface area (Å²) in [7, 11) is 2.08. The Kier molecular flexibility index (Phi) is 22.4. The van der Waals surface area contributed by atoms with Crippen LogP contribution in [0.5, 0.6) is 0 Å². The molecule has 3 rings (SSSR count). The van der Waals surface area contributed by atoms with E-state index in [4.69, 9.17) is 21.5 Å². The first kappa shape index (κ1) is 47.1. The van der Waals surface area contributed by atoms with Crippen molar-refractivity contribution in [1.82, 2.24) is 9.78 Å². The fraction of sp³-hybridized carbons (Fsp3) is 0.458. The lowest BCUT2D eigenvalue weighted by Gasteiger charge is -2.20. The normalized spacial score (nSPS) is 11.6. The number of aldehydes is 1. The molecule has 1 N–H and O–H groups in total. The number of nitrogens with zero attached hydrogens (tertiary/aromatic N) is 2. The maximum Gasteiger partial charge on any atom is 0.116 e. The number of allylic oxidation sites excluding steroid dienone is 7. The fourth-order valence-corrected chi connectivity index (χ4v) is 6.98. The van der Waals surface area contributed by atoms with Gasteiger partial charge in [0, 0.05) is 35.6 Å². The number of halogens is 1. The standard InChI is InChI=1S/C44H60ClN3.C2H4O.C2H6/c1-12-16-17-20-37-29-38(48(11)47-37)23-22-35-27-36(19-13-2)39(15-4)43(28-35)46-26-18-21-40(30(5)6)41-24-25-42(45)44(34(41)10)33(9)32(8)31(7)14-3;1-2-3;1-2/h13-15,19,24-25,27-29,46H,4,12,16-18,20-23,26H2,1-3,5-11H3;2H,1H3;1-2H3/b19-13-,31-14-,33-32+;;. The summed E-state index contributed by atoms with van der Waals surface area (Å²) in [6, 6.07) is 11.2. The number of benzene rings is 2. The number of aromatic nitrogens is 2. The Balaban J connectivity index is 0.00000267. The Morgan fingerprint density at radius 3 is 2.23 bits per heavy atom. The quantitative estimate of drug-likeness (QED) is 0.0852. The first-order chi connectivity index (χ1) is 25.4. The summed E-state index contributed by atoms with van der Waals surface area (Å²) in [6.45, 7) is 30.2. The zero-order chi connectivity index (χ0) is 40.1. The van der Waals surface area contributed by atoms with Crippen LogP contribution in [0.25, 0.3) is 23.3 Å². The van der Waals surface area contributed by atoms with Crippen LogP contribution < -0.4 is 5.32 Å². The topological polar surface area (TPSA) is 46.9 Å². The summed E-state index contributed by atoms with van der Waals surface area (Å²) in [5.41, 5.74) is 17.6. The molecule has 5 heteroatoms. The lowest BCUT2D eigenvalue weighted by atomic mass is 9.87. The van der Waals surface area contributed by atoms with Gasteiger partial charge >= 0.3 is 0 Å². The van der Waals surface area contributed by atoms with Crippen LogP contribution in [0.3, 0.4) is 0 Å². The fourth-order valence-electron chi connectivity index (χ4n) is 6.64. The van der Waals surface area contributed by atoms with E-state index in [0.717, 1.165) is 66.8 Å². The Morgan fingerprint density at radius 2 is 1.64 bits per heavy atom. The third-order valence-electron chi connectivity index (χ3n) is 9.78. The maximum atomic E-state index is 8.81. The van der Waals surface area contributed by atoms with Crippen LogP contribution >= 0.6 is 11.6 Å². The Hall–Kier alpha value is -3.89. The molecule has 0 atom stereocenters. The van der Waals surface area contributed by atoms with Crippen molar-refractivity contribution in [1.29, 1.82) is 0 Å². The first-order valence-corrected chi connectivity index (χ1v) is 20.1. The SMILES string of the molecule is C=Cc1c(/C=C\C)cc(CCc2cc(CCCCC)nn2C)cc1NCCCC(=C(C)C)c1ccc(Cl)c(/C(C)=C(C)/C(C)=C\C)c1C.CC.CC=O.